The molecule has 1 saturated carbocycles. The summed E-state index contributed by atoms with van der Waals surface area (Å²) < 4.78 is 27.7. The molecule has 1 aliphatic rings. The Balaban J connectivity index is 1.99. The average molecular weight is 449 g/mol. The SMILES string of the molecule is O=C(NC(c1cccc(F)c1Cl)[C@]1(O)CC[C@H](F)CC1)c1ccc(Cl)cc1Cl. The molecular formula is C20H18Cl3F2NO2. The van der Waals surface area contributed by atoms with Gasteiger partial charge in [-0.2, -0.15) is 0 Å². The van der Waals surface area contributed by atoms with Crippen LogP contribution in [-0.4, -0.2) is 22.8 Å². The number of carbonyl (C=O) groups excluding carboxylic acids is 1. The van der Waals surface area contributed by atoms with E-state index in [0.29, 0.717) is 5.02 Å². The number of hydrogen-bond acceptors (Lipinski definition) is 2. The summed E-state index contributed by atoms with van der Waals surface area (Å²) >= 11 is 18.1. The maximum atomic E-state index is 14.0. The van der Waals surface area contributed by atoms with Crippen LogP contribution in [0.1, 0.15) is 47.6 Å². The van der Waals surface area contributed by atoms with Gasteiger partial charge in [-0.1, -0.05) is 46.9 Å². The smallest absolute Gasteiger partial charge is 0.253 e. The molecule has 1 unspecified atom stereocenters. The maximum absolute atomic E-state index is 14.0. The van der Waals surface area contributed by atoms with E-state index in [1.807, 2.05) is 0 Å². The normalized spacial score (nSPS) is 23.3. The highest BCUT2D eigenvalue weighted by Crippen LogP contribution is 2.42. The van der Waals surface area contributed by atoms with Gasteiger partial charge in [-0.3, -0.25) is 4.79 Å². The lowest BCUT2D eigenvalue weighted by molar-refractivity contribution is -0.0445. The summed E-state index contributed by atoms with van der Waals surface area (Å²) in [6.07, 6.45) is -0.555. The molecule has 0 bridgehead atoms. The van der Waals surface area contributed by atoms with Crippen molar-refractivity contribution in [3.05, 3.63) is 68.4 Å². The van der Waals surface area contributed by atoms with E-state index in [1.165, 1.54) is 36.4 Å². The van der Waals surface area contributed by atoms with E-state index in [1.54, 1.807) is 0 Å². The molecule has 3 rings (SSSR count). The predicted octanol–water partition coefficient (Wildman–Crippen LogP) is 5.90. The van der Waals surface area contributed by atoms with Crippen LogP contribution in [0, 0.1) is 5.82 Å². The fourth-order valence-corrected chi connectivity index (χ4v) is 4.23. The first kappa shape index (κ1) is 21.3. The van der Waals surface area contributed by atoms with E-state index in [2.05, 4.69) is 5.32 Å². The van der Waals surface area contributed by atoms with Gasteiger partial charge in [0, 0.05) is 5.02 Å². The molecule has 1 atom stereocenters. The molecule has 0 saturated heterocycles. The molecule has 1 aliphatic carbocycles. The molecule has 0 heterocycles. The zero-order valence-electron chi connectivity index (χ0n) is 14.7. The van der Waals surface area contributed by atoms with Crippen molar-refractivity contribution in [1.82, 2.24) is 5.32 Å². The summed E-state index contributed by atoms with van der Waals surface area (Å²) in [7, 11) is 0. The molecule has 28 heavy (non-hydrogen) atoms. The van der Waals surface area contributed by atoms with Crippen molar-refractivity contribution >= 4 is 40.7 Å². The van der Waals surface area contributed by atoms with Crippen molar-refractivity contribution in [2.75, 3.05) is 0 Å². The second-order valence-electron chi connectivity index (χ2n) is 6.95. The third-order valence-electron chi connectivity index (χ3n) is 5.06. The number of alkyl halides is 1. The summed E-state index contributed by atoms with van der Waals surface area (Å²) in [5.74, 6) is -1.26. The van der Waals surface area contributed by atoms with Crippen molar-refractivity contribution in [2.24, 2.45) is 0 Å². The lowest BCUT2D eigenvalue weighted by Crippen LogP contribution is -2.48. The van der Waals surface area contributed by atoms with Gasteiger partial charge >= 0.3 is 0 Å². The van der Waals surface area contributed by atoms with Crippen LogP contribution in [0.4, 0.5) is 8.78 Å². The molecule has 0 aromatic heterocycles. The van der Waals surface area contributed by atoms with Gasteiger partial charge in [0.25, 0.3) is 5.91 Å². The fraction of sp³-hybridized carbons (Fsp3) is 0.350. The standard InChI is InChI=1S/C20H18Cl3F2NO2/c21-11-4-5-13(15(22)10-11)19(27)26-18(14-2-1-3-16(25)17(14)23)20(28)8-6-12(24)7-9-20/h1-5,10,12,18,28H,6-9H2,(H,26,27)/t12-,18?,20-. The highest BCUT2D eigenvalue weighted by molar-refractivity contribution is 6.36. The van der Waals surface area contributed by atoms with Crippen LogP contribution in [0.3, 0.4) is 0 Å². The number of nitrogens with one attached hydrogen (secondary N) is 1. The molecule has 2 aromatic rings. The largest absolute Gasteiger partial charge is 0.387 e. The van der Waals surface area contributed by atoms with Crippen LogP contribution in [0.2, 0.25) is 15.1 Å². The minimum Gasteiger partial charge on any atom is -0.387 e. The molecule has 8 heteroatoms. The summed E-state index contributed by atoms with van der Waals surface area (Å²) in [6, 6.07) is 7.49. The van der Waals surface area contributed by atoms with Crippen molar-refractivity contribution in [2.45, 2.75) is 43.5 Å². The lowest BCUT2D eigenvalue weighted by Gasteiger charge is -2.41. The second-order valence-corrected chi connectivity index (χ2v) is 8.17. The quantitative estimate of drug-likeness (QED) is 0.612. The Kier molecular flexibility index (Phi) is 6.50. The predicted molar refractivity (Wildman–Crippen MR) is 106 cm³/mol. The van der Waals surface area contributed by atoms with Crippen LogP contribution < -0.4 is 5.32 Å². The second kappa shape index (κ2) is 8.54. The first-order valence-corrected chi connectivity index (χ1v) is 9.91. The number of hydrogen-bond donors (Lipinski definition) is 2. The highest BCUT2D eigenvalue weighted by Gasteiger charge is 2.43. The van der Waals surface area contributed by atoms with Crippen molar-refractivity contribution < 1.29 is 18.7 Å². The Morgan fingerprint density at radius 3 is 2.50 bits per heavy atom. The number of amides is 1. The van der Waals surface area contributed by atoms with Crippen LogP contribution in [-0.2, 0) is 0 Å². The van der Waals surface area contributed by atoms with Crippen LogP contribution in [0.15, 0.2) is 36.4 Å². The summed E-state index contributed by atoms with van der Waals surface area (Å²) in [5, 5.41) is 14.2. The molecule has 3 nitrogen and oxygen atoms in total. The highest BCUT2D eigenvalue weighted by atomic mass is 35.5. The summed E-state index contributed by atoms with van der Waals surface area (Å²) in [4.78, 5) is 12.8. The van der Waals surface area contributed by atoms with Gasteiger partial charge in [0.1, 0.15) is 12.0 Å². The molecular weight excluding hydrogens is 431 g/mol. The van der Waals surface area contributed by atoms with E-state index >= 15 is 0 Å². The van der Waals surface area contributed by atoms with Gasteiger partial charge in [-0.15, -0.1) is 0 Å². The fourth-order valence-electron chi connectivity index (χ4n) is 3.50. The number of rotatable bonds is 4. The molecule has 0 radical (unpaired) electrons. The van der Waals surface area contributed by atoms with Crippen LogP contribution in [0.5, 0.6) is 0 Å². The maximum Gasteiger partial charge on any atom is 0.253 e. The number of aliphatic hydroxyl groups is 1. The van der Waals surface area contributed by atoms with Crippen molar-refractivity contribution in [1.29, 1.82) is 0 Å². The zero-order valence-corrected chi connectivity index (χ0v) is 17.0. The Hall–Kier alpha value is -1.40. The number of carbonyl (C=O) groups is 1. The Morgan fingerprint density at radius 1 is 1.18 bits per heavy atom. The third-order valence-corrected chi connectivity index (χ3v) is 6.01. The van der Waals surface area contributed by atoms with Gasteiger partial charge in [0.05, 0.1) is 27.3 Å². The molecule has 150 valence electrons. The van der Waals surface area contributed by atoms with E-state index in [9.17, 15) is 18.7 Å². The van der Waals surface area contributed by atoms with Gasteiger partial charge in [-0.05, 0) is 55.5 Å². The van der Waals surface area contributed by atoms with Gasteiger partial charge < -0.3 is 10.4 Å². The van der Waals surface area contributed by atoms with E-state index in [-0.39, 0.29) is 46.9 Å². The molecule has 0 aliphatic heterocycles. The number of halogens is 5. The van der Waals surface area contributed by atoms with E-state index in [0.717, 1.165) is 0 Å². The number of benzene rings is 2. The molecule has 1 fully saturated rings. The average Bonchev–Trinajstić information content (AvgIpc) is 2.65. The first-order valence-electron chi connectivity index (χ1n) is 8.77. The minimum absolute atomic E-state index is 0.0975. The monoisotopic (exact) mass is 447 g/mol. The van der Waals surface area contributed by atoms with Crippen LogP contribution in [0.25, 0.3) is 0 Å². The first-order chi connectivity index (χ1) is 13.2. The minimum atomic E-state index is -1.48. The molecule has 1 amide bonds. The summed E-state index contributed by atoms with van der Waals surface area (Å²) in [6.45, 7) is 0. The lowest BCUT2D eigenvalue weighted by atomic mass is 9.76. The molecule has 0 spiro atoms. The molecule has 2 aromatic carbocycles. The van der Waals surface area contributed by atoms with Crippen molar-refractivity contribution in [3.8, 4) is 0 Å². The Morgan fingerprint density at radius 2 is 1.86 bits per heavy atom. The Labute approximate surface area is 176 Å². The Bertz CT molecular complexity index is 886. The zero-order chi connectivity index (χ0) is 20.5. The molecule has 2 N–H and O–H groups in total. The van der Waals surface area contributed by atoms with Gasteiger partial charge in [0.2, 0.25) is 0 Å². The summed E-state index contributed by atoms with van der Waals surface area (Å²) in [5.41, 5.74) is -1.11. The topological polar surface area (TPSA) is 49.3 Å². The van der Waals surface area contributed by atoms with Crippen molar-refractivity contribution in [3.63, 3.8) is 0 Å². The van der Waals surface area contributed by atoms with Crippen LogP contribution >= 0.6 is 34.8 Å². The van der Waals surface area contributed by atoms with Gasteiger partial charge in [-0.25, -0.2) is 8.78 Å². The van der Waals surface area contributed by atoms with E-state index in [4.69, 9.17) is 34.8 Å². The van der Waals surface area contributed by atoms with E-state index < -0.39 is 29.5 Å². The van der Waals surface area contributed by atoms with Gasteiger partial charge in [0.15, 0.2) is 0 Å². The third kappa shape index (κ3) is 4.43.